The van der Waals surface area contributed by atoms with Gasteiger partial charge in [0.1, 0.15) is 53.8 Å². The Hall–Kier alpha value is -10.9. The molecule has 1 heterocycles. The van der Waals surface area contributed by atoms with Gasteiger partial charge in [-0.2, -0.15) is 0 Å². The minimum absolute atomic E-state index is 0.00000314. The first-order chi connectivity index (χ1) is 50.3. The summed E-state index contributed by atoms with van der Waals surface area (Å²) in [6.07, 6.45) is -13.0. The molecule has 3 fully saturated rings. The van der Waals surface area contributed by atoms with Gasteiger partial charge in [0.25, 0.3) is 11.8 Å². The number of fused-ring (bicyclic) bond motifs is 6. The fourth-order valence-corrected chi connectivity index (χ4v) is 14.7. The lowest BCUT2D eigenvalue weighted by Crippen LogP contribution is -2.82. The monoisotopic (exact) mass is 1460 g/mol. The number of amides is 7. The van der Waals surface area contributed by atoms with Crippen LogP contribution < -0.4 is 42.8 Å². The zero-order chi connectivity index (χ0) is 77.0. The number of ketones is 1. The van der Waals surface area contributed by atoms with E-state index < -0.39 is 205 Å². The number of aliphatic hydroxyl groups excluding tert-OH is 1. The van der Waals surface area contributed by atoms with Crippen molar-refractivity contribution in [3.8, 4) is 5.75 Å². The van der Waals surface area contributed by atoms with Gasteiger partial charge in [0.15, 0.2) is 24.1 Å². The van der Waals surface area contributed by atoms with Crippen molar-refractivity contribution in [2.24, 2.45) is 28.2 Å². The summed E-state index contributed by atoms with van der Waals surface area (Å²) in [6.45, 7) is 8.49. The Bertz CT molecular complexity index is 4190. The standard InChI is InChI=1S/C77H89N7O22/c1-42-54(39-77(99)67(105-72(97)49-27-15-10-16-28-49)65-75(7,55(87)38-56-76(65,41-101-56)106-45(4)86)66(92)63(102-44(3)85)61(42)74(77,5)6)103-73(98)64(62(47-23-11-8-12-24-47)84-71(96)48-25-13-9-14-26-48)104-60(91)36-35-57(88)80-37-20-19-31-51(68(78)93)82-58(89)34-33-52(69(79)94)83-70(95)43(2)81-59(90)40-100-53-32-21-29-46-22-17-18-30-50(46)53/h8-18,21-30,32,43,51-52,54-56,62-65,67,87,99H,19-20,31,33-41H2,1-7H3,(H2,78,93)(H2,79,94)(H,80,88)(H,81,90)(H,82,89)(H,83,95)(H,84,96)/t43?,51?,52-,54-,55-,56+,62+,63+,64+,65-,67-,75+,76-,77+/m0/s1. The molecule has 2 saturated carbocycles. The minimum atomic E-state index is -2.57. The van der Waals surface area contributed by atoms with E-state index in [0.29, 0.717) is 5.75 Å². The number of esters is 5. The average molecular weight is 1460 g/mol. The molecule has 106 heavy (non-hydrogen) atoms. The number of primary amides is 2. The molecule has 2 unspecified atom stereocenters. The molecule has 564 valence electrons. The van der Waals surface area contributed by atoms with Crippen molar-refractivity contribution < 1.29 is 106 Å². The highest BCUT2D eigenvalue weighted by Crippen LogP contribution is 2.64. The fourth-order valence-electron chi connectivity index (χ4n) is 14.7. The smallest absolute Gasteiger partial charge is 0.350 e. The van der Waals surface area contributed by atoms with Gasteiger partial charge in [-0.3, -0.25) is 52.7 Å². The summed E-state index contributed by atoms with van der Waals surface area (Å²) in [5, 5.41) is 41.0. The predicted octanol–water partition coefficient (Wildman–Crippen LogP) is 3.81. The van der Waals surface area contributed by atoms with Crippen LogP contribution in [0.4, 0.5) is 0 Å². The van der Waals surface area contributed by atoms with Gasteiger partial charge in [-0.15, -0.1) is 0 Å². The molecule has 2 bridgehead atoms. The van der Waals surface area contributed by atoms with Crippen LogP contribution in [0.2, 0.25) is 0 Å². The largest absolute Gasteiger partial charge is 0.483 e. The molecule has 14 atom stereocenters. The van der Waals surface area contributed by atoms with Gasteiger partial charge in [0.05, 0.1) is 36.0 Å². The molecule has 29 heteroatoms. The second-order valence-electron chi connectivity index (χ2n) is 27.7. The van der Waals surface area contributed by atoms with Crippen molar-refractivity contribution in [1.29, 1.82) is 0 Å². The number of unbranched alkanes of at least 4 members (excludes halogenated alkanes) is 1. The lowest BCUT2D eigenvalue weighted by molar-refractivity contribution is -0.346. The van der Waals surface area contributed by atoms with E-state index in [1.807, 2.05) is 30.3 Å². The second-order valence-corrected chi connectivity index (χ2v) is 27.7. The summed E-state index contributed by atoms with van der Waals surface area (Å²) in [5.41, 5.74) is 2.95. The number of hydrogen-bond donors (Lipinski definition) is 9. The van der Waals surface area contributed by atoms with Crippen LogP contribution >= 0.6 is 0 Å². The SMILES string of the molecule is CC(=O)O[C@H]1C(=O)[C@@]2(C)[C@H]([C@H](OC(=O)c3ccccc3)[C@]3(O)C[C@H](OC(=O)[C@H](OC(=O)CCC(=O)NCCCCC(NC(=O)CC[C@H](NC(=O)C(C)NC(=O)COc4cccc5ccccc45)C(N)=O)C(N)=O)[C@H](NC(=O)c4ccccc4)c4ccccc4)C(C)=C1C3(C)C)[C@]1(OC(C)=O)CO[C@@H]1C[C@@H]2O. The number of aliphatic hydroxyl groups is 2. The van der Waals surface area contributed by atoms with Crippen LogP contribution in [-0.2, 0) is 81.2 Å². The quantitative estimate of drug-likeness (QED) is 0.0132. The molecule has 7 amide bonds. The van der Waals surface area contributed by atoms with Crippen LogP contribution in [0.15, 0.2) is 145 Å². The van der Waals surface area contributed by atoms with Crippen molar-refractivity contribution in [2.45, 2.75) is 178 Å². The molecule has 4 aliphatic rings. The molecule has 11 N–H and O–H groups in total. The van der Waals surface area contributed by atoms with Crippen LogP contribution in [0.5, 0.6) is 5.75 Å². The Kier molecular flexibility index (Phi) is 25.3. The Morgan fingerprint density at radius 2 is 1.29 bits per heavy atom. The maximum Gasteiger partial charge on any atom is 0.350 e. The van der Waals surface area contributed by atoms with Crippen LogP contribution in [0.25, 0.3) is 10.8 Å². The maximum absolute atomic E-state index is 15.9. The van der Waals surface area contributed by atoms with E-state index in [9.17, 15) is 63.0 Å². The van der Waals surface area contributed by atoms with Crippen molar-refractivity contribution in [1.82, 2.24) is 26.6 Å². The Morgan fingerprint density at radius 3 is 1.92 bits per heavy atom. The molecule has 0 spiro atoms. The Morgan fingerprint density at radius 1 is 0.670 bits per heavy atom. The highest BCUT2D eigenvalue weighted by Gasteiger charge is 2.78. The first-order valence-electron chi connectivity index (χ1n) is 34.9. The van der Waals surface area contributed by atoms with Gasteiger partial charge in [-0.25, -0.2) is 9.59 Å². The third-order valence-corrected chi connectivity index (χ3v) is 20.4. The summed E-state index contributed by atoms with van der Waals surface area (Å²) in [7, 11) is 0. The first kappa shape index (κ1) is 79.2. The summed E-state index contributed by atoms with van der Waals surface area (Å²) in [5.74, 6) is -12.9. The zero-order valence-corrected chi connectivity index (χ0v) is 59.8. The van der Waals surface area contributed by atoms with Crippen LogP contribution in [0, 0.1) is 16.7 Å². The average Bonchev–Trinajstić information content (AvgIpc) is 0.669. The zero-order valence-electron chi connectivity index (χ0n) is 59.8. The molecule has 0 aromatic heterocycles. The topological polar surface area (TPSA) is 439 Å². The van der Waals surface area contributed by atoms with E-state index in [0.717, 1.165) is 24.6 Å². The third-order valence-electron chi connectivity index (χ3n) is 20.4. The van der Waals surface area contributed by atoms with Gasteiger partial charge < -0.3 is 81.4 Å². The lowest BCUT2D eigenvalue weighted by Gasteiger charge is -2.67. The predicted molar refractivity (Wildman–Crippen MR) is 376 cm³/mol. The van der Waals surface area contributed by atoms with E-state index in [1.54, 1.807) is 66.7 Å². The fraction of sp³-hybridized carbons (Fsp3) is 0.442. The molecule has 5 aromatic rings. The molecule has 1 aliphatic heterocycles. The first-order valence-corrected chi connectivity index (χ1v) is 34.9. The van der Waals surface area contributed by atoms with E-state index in [-0.39, 0.29) is 66.5 Å². The Labute approximate surface area is 610 Å². The highest BCUT2D eigenvalue weighted by atomic mass is 16.6. The van der Waals surface area contributed by atoms with Crippen LogP contribution in [0.3, 0.4) is 0 Å². The summed E-state index contributed by atoms with van der Waals surface area (Å²) in [4.78, 5) is 179. The van der Waals surface area contributed by atoms with Crippen molar-refractivity contribution in [3.05, 3.63) is 161 Å². The van der Waals surface area contributed by atoms with Crippen molar-refractivity contribution in [2.75, 3.05) is 19.8 Å². The minimum Gasteiger partial charge on any atom is -0.483 e. The number of ether oxygens (including phenoxy) is 7. The van der Waals surface area contributed by atoms with E-state index in [4.69, 9.17) is 44.6 Å². The van der Waals surface area contributed by atoms with Crippen molar-refractivity contribution in [3.63, 3.8) is 0 Å². The van der Waals surface area contributed by atoms with Gasteiger partial charge in [-0.1, -0.05) is 117 Å². The number of rotatable bonds is 31. The van der Waals surface area contributed by atoms with E-state index >= 15 is 9.59 Å². The lowest BCUT2D eigenvalue weighted by atomic mass is 9.44. The normalized spacial score (nSPS) is 24.0. The molecule has 9 rings (SSSR count). The number of Topliss-reactive ketones (excluding diaryl/α,β-unsaturated/α-hetero) is 1. The van der Waals surface area contributed by atoms with Gasteiger partial charge >= 0.3 is 29.8 Å². The number of carbonyl (C=O) groups is 13. The summed E-state index contributed by atoms with van der Waals surface area (Å²) >= 11 is 0. The number of nitrogens with one attached hydrogen (secondary N) is 5. The molecule has 3 aliphatic carbocycles. The number of benzene rings is 5. The number of carbonyl (C=O) groups excluding carboxylic acids is 13. The van der Waals surface area contributed by atoms with Gasteiger partial charge in [0, 0.05) is 62.4 Å². The molecule has 0 radical (unpaired) electrons. The van der Waals surface area contributed by atoms with Crippen LogP contribution in [-0.4, -0.2) is 173 Å². The second kappa shape index (κ2) is 33.9. The number of nitrogens with two attached hydrogens (primary N) is 2. The van der Waals surface area contributed by atoms with E-state index in [1.165, 1.54) is 71.0 Å². The molecular formula is C77H89N7O22. The Balaban J connectivity index is 0.881. The highest BCUT2D eigenvalue weighted by molar-refractivity contribution is 5.98. The summed E-state index contributed by atoms with van der Waals surface area (Å²) in [6, 6.07) is 30.8. The molecule has 1 saturated heterocycles. The van der Waals surface area contributed by atoms with E-state index in [2.05, 4.69) is 26.6 Å². The number of hydrogen-bond acceptors (Lipinski definition) is 22. The molecule has 29 nitrogen and oxygen atoms in total. The molecule has 5 aromatic carbocycles. The van der Waals surface area contributed by atoms with Crippen LogP contribution in [0.1, 0.15) is 139 Å². The third kappa shape index (κ3) is 17.6. The van der Waals surface area contributed by atoms with Gasteiger partial charge in [-0.05, 0) is 98.9 Å². The van der Waals surface area contributed by atoms with Crippen molar-refractivity contribution >= 4 is 87.8 Å². The molecular weight excluding hydrogens is 1370 g/mol. The summed E-state index contributed by atoms with van der Waals surface area (Å²) < 4.78 is 42.7. The van der Waals surface area contributed by atoms with Gasteiger partial charge in [0.2, 0.25) is 35.6 Å². The maximum atomic E-state index is 15.9.